The van der Waals surface area contributed by atoms with Crippen LogP contribution in [0.4, 0.5) is 0 Å². The summed E-state index contributed by atoms with van der Waals surface area (Å²) in [5, 5.41) is 0. The van der Waals surface area contributed by atoms with Gasteiger partial charge in [0.1, 0.15) is 6.61 Å². The van der Waals surface area contributed by atoms with Gasteiger partial charge in [0, 0.05) is 13.1 Å². The van der Waals surface area contributed by atoms with Crippen LogP contribution in [0, 0.1) is 11.8 Å². The molecule has 1 fully saturated rings. The molecule has 8 nitrogen and oxygen atoms in total. The van der Waals surface area contributed by atoms with Gasteiger partial charge in [0.2, 0.25) is 5.91 Å². The zero-order valence-corrected chi connectivity index (χ0v) is 16.6. The number of hydrogen-bond donors (Lipinski definition) is 0. The lowest BCUT2D eigenvalue weighted by Gasteiger charge is -2.33. The summed E-state index contributed by atoms with van der Waals surface area (Å²) >= 11 is 0. The van der Waals surface area contributed by atoms with E-state index >= 15 is 0 Å². The maximum atomic E-state index is 12.9. The van der Waals surface area contributed by atoms with Crippen LogP contribution in [0.5, 0.6) is 0 Å². The van der Waals surface area contributed by atoms with Gasteiger partial charge >= 0.3 is 5.97 Å². The van der Waals surface area contributed by atoms with Crippen molar-refractivity contribution in [2.45, 2.75) is 12.8 Å². The van der Waals surface area contributed by atoms with Crippen LogP contribution in [0.1, 0.15) is 33.6 Å². The van der Waals surface area contributed by atoms with Gasteiger partial charge in [-0.25, -0.2) is 0 Å². The van der Waals surface area contributed by atoms with E-state index < -0.39 is 17.8 Å². The number of morpholine rings is 1. The quantitative estimate of drug-likeness (QED) is 0.411. The molecule has 3 aliphatic rings. The van der Waals surface area contributed by atoms with Crippen molar-refractivity contribution in [1.29, 1.82) is 0 Å². The van der Waals surface area contributed by atoms with Gasteiger partial charge < -0.3 is 14.4 Å². The third kappa shape index (κ3) is 3.87. The molecule has 1 aromatic rings. The van der Waals surface area contributed by atoms with E-state index in [0.29, 0.717) is 50.3 Å². The number of allylic oxidation sites excluding steroid dienone is 2. The smallest absolute Gasteiger partial charge is 0.310 e. The minimum absolute atomic E-state index is 0.0112. The molecule has 30 heavy (non-hydrogen) atoms. The Bertz CT molecular complexity index is 854. The number of carbonyl (C=O) groups excluding carboxylic acids is 4. The van der Waals surface area contributed by atoms with E-state index in [1.807, 2.05) is 12.2 Å². The molecule has 0 radical (unpaired) electrons. The molecule has 0 saturated carbocycles. The summed E-state index contributed by atoms with van der Waals surface area (Å²) in [6.45, 7) is 1.96. The van der Waals surface area contributed by atoms with Gasteiger partial charge in [-0.15, -0.1) is 0 Å². The van der Waals surface area contributed by atoms with Crippen LogP contribution in [-0.4, -0.2) is 72.9 Å². The maximum absolute atomic E-state index is 12.9. The maximum Gasteiger partial charge on any atom is 0.310 e. The summed E-state index contributed by atoms with van der Waals surface area (Å²) in [6.07, 6.45) is 4.74. The van der Waals surface area contributed by atoms with Gasteiger partial charge in [0.25, 0.3) is 11.8 Å². The Balaban J connectivity index is 1.34. The molecule has 8 heteroatoms. The van der Waals surface area contributed by atoms with Crippen LogP contribution in [0.3, 0.4) is 0 Å². The lowest BCUT2D eigenvalue weighted by molar-refractivity contribution is -0.156. The van der Waals surface area contributed by atoms with Crippen molar-refractivity contribution in [3.8, 4) is 0 Å². The van der Waals surface area contributed by atoms with Crippen LogP contribution in [-0.2, 0) is 19.1 Å². The number of nitrogens with zero attached hydrogens (tertiary/aromatic N) is 2. The number of rotatable bonds is 5. The first kappa shape index (κ1) is 20.3. The first-order valence-corrected chi connectivity index (χ1v) is 10.2. The molecule has 2 atom stereocenters. The number of ether oxygens (including phenoxy) is 2. The average Bonchev–Trinajstić information content (AvgIpc) is 3.04. The molecule has 3 amide bonds. The van der Waals surface area contributed by atoms with Crippen LogP contribution in [0.2, 0.25) is 0 Å². The van der Waals surface area contributed by atoms with Crippen molar-refractivity contribution in [2.75, 3.05) is 39.5 Å². The molecule has 1 aromatic carbocycles. The highest BCUT2D eigenvalue weighted by molar-refractivity contribution is 6.21. The number of hydrogen-bond acceptors (Lipinski definition) is 6. The largest absolute Gasteiger partial charge is 0.464 e. The van der Waals surface area contributed by atoms with E-state index in [4.69, 9.17) is 9.47 Å². The second kappa shape index (κ2) is 8.79. The molecule has 158 valence electrons. The minimum Gasteiger partial charge on any atom is -0.464 e. The zero-order valence-electron chi connectivity index (χ0n) is 16.6. The standard InChI is InChI=1S/C22H24N2O6/c25-19(23-9-12-29-13-10-23)17-7-3-4-8-18(17)22(28)30-14-11-24-20(26)15-5-1-2-6-16(15)21(24)27/h1-6,17-18H,7-14H2/t17-,18+/m0/s1. The zero-order chi connectivity index (χ0) is 21.1. The molecule has 1 aliphatic carbocycles. The van der Waals surface area contributed by atoms with Crippen molar-refractivity contribution < 1.29 is 28.7 Å². The highest BCUT2D eigenvalue weighted by Crippen LogP contribution is 2.29. The van der Waals surface area contributed by atoms with Gasteiger partial charge in [0.05, 0.1) is 42.7 Å². The molecular weight excluding hydrogens is 388 g/mol. The van der Waals surface area contributed by atoms with Crippen LogP contribution in [0.25, 0.3) is 0 Å². The molecule has 0 unspecified atom stereocenters. The SMILES string of the molecule is O=C(OCCN1C(=O)c2ccccc2C1=O)[C@@H]1CC=CC[C@@H]1C(=O)N1CCOCC1. The number of benzene rings is 1. The fraction of sp³-hybridized carbons (Fsp3) is 0.455. The Kier molecular flexibility index (Phi) is 5.94. The Morgan fingerprint density at radius 3 is 2.20 bits per heavy atom. The Labute approximate surface area is 174 Å². The first-order chi connectivity index (χ1) is 14.6. The summed E-state index contributed by atoms with van der Waals surface area (Å²) in [5.74, 6) is -2.31. The molecule has 4 rings (SSSR count). The molecule has 2 aliphatic heterocycles. The first-order valence-electron chi connectivity index (χ1n) is 10.2. The van der Waals surface area contributed by atoms with E-state index in [0.717, 1.165) is 4.90 Å². The summed E-state index contributed by atoms with van der Waals surface area (Å²) in [6, 6.07) is 6.63. The summed E-state index contributed by atoms with van der Waals surface area (Å²) in [4.78, 5) is 53.2. The molecule has 2 heterocycles. The van der Waals surface area contributed by atoms with Crippen molar-refractivity contribution in [3.05, 3.63) is 47.5 Å². The van der Waals surface area contributed by atoms with E-state index in [-0.39, 0.29) is 30.9 Å². The highest BCUT2D eigenvalue weighted by atomic mass is 16.5. The molecule has 1 saturated heterocycles. The van der Waals surface area contributed by atoms with Gasteiger partial charge in [-0.3, -0.25) is 24.1 Å². The van der Waals surface area contributed by atoms with Crippen molar-refractivity contribution >= 4 is 23.7 Å². The Morgan fingerprint density at radius 1 is 0.967 bits per heavy atom. The van der Waals surface area contributed by atoms with E-state index in [2.05, 4.69) is 0 Å². The van der Waals surface area contributed by atoms with Crippen molar-refractivity contribution in [1.82, 2.24) is 9.80 Å². The molecule has 0 aromatic heterocycles. The number of amides is 3. The third-order valence-electron chi connectivity index (χ3n) is 5.81. The second-order valence-corrected chi connectivity index (χ2v) is 7.57. The topological polar surface area (TPSA) is 93.2 Å². The third-order valence-corrected chi connectivity index (χ3v) is 5.81. The van der Waals surface area contributed by atoms with Gasteiger partial charge in [-0.2, -0.15) is 0 Å². The number of imide groups is 1. The normalized spacial score (nSPS) is 23.5. The van der Waals surface area contributed by atoms with E-state index in [9.17, 15) is 19.2 Å². The second-order valence-electron chi connectivity index (χ2n) is 7.57. The Hall–Kier alpha value is -3.00. The van der Waals surface area contributed by atoms with Gasteiger partial charge in [-0.1, -0.05) is 24.3 Å². The predicted molar refractivity (Wildman–Crippen MR) is 106 cm³/mol. The van der Waals surface area contributed by atoms with Gasteiger partial charge in [0.15, 0.2) is 0 Å². The van der Waals surface area contributed by atoms with E-state index in [1.54, 1.807) is 29.2 Å². The molecule has 0 bridgehead atoms. The molecule has 0 N–H and O–H groups in total. The summed E-state index contributed by atoms with van der Waals surface area (Å²) in [7, 11) is 0. The molecule has 0 spiro atoms. The monoisotopic (exact) mass is 412 g/mol. The summed E-state index contributed by atoms with van der Waals surface area (Å²) in [5.41, 5.74) is 0.727. The minimum atomic E-state index is -0.562. The van der Waals surface area contributed by atoms with Crippen molar-refractivity contribution in [2.24, 2.45) is 11.8 Å². The van der Waals surface area contributed by atoms with Gasteiger partial charge in [-0.05, 0) is 25.0 Å². The van der Waals surface area contributed by atoms with Crippen LogP contribution < -0.4 is 0 Å². The predicted octanol–water partition coefficient (Wildman–Crippen LogP) is 1.27. The number of fused-ring (bicyclic) bond motifs is 1. The lowest BCUT2D eigenvalue weighted by Crippen LogP contribution is -2.47. The molecular formula is C22H24N2O6. The lowest BCUT2D eigenvalue weighted by atomic mass is 9.82. The van der Waals surface area contributed by atoms with Crippen LogP contribution >= 0.6 is 0 Å². The van der Waals surface area contributed by atoms with Crippen LogP contribution in [0.15, 0.2) is 36.4 Å². The summed E-state index contributed by atoms with van der Waals surface area (Å²) < 4.78 is 10.7. The van der Waals surface area contributed by atoms with E-state index in [1.165, 1.54) is 0 Å². The fourth-order valence-electron chi connectivity index (χ4n) is 4.15. The average molecular weight is 412 g/mol. The number of carbonyl (C=O) groups is 4. The highest BCUT2D eigenvalue weighted by Gasteiger charge is 2.38. The number of esters is 1. The van der Waals surface area contributed by atoms with Crippen molar-refractivity contribution in [3.63, 3.8) is 0 Å². The fourth-order valence-corrected chi connectivity index (χ4v) is 4.15. The Morgan fingerprint density at radius 2 is 1.57 bits per heavy atom.